The maximum atomic E-state index is 12.8. The van der Waals surface area contributed by atoms with E-state index in [1.165, 1.54) is 11.1 Å². The smallest absolute Gasteiger partial charge is 0.377 e. The van der Waals surface area contributed by atoms with E-state index in [4.69, 9.17) is 9.57 Å². The average molecular weight is 399 g/mol. The highest BCUT2D eigenvalue weighted by atomic mass is 16.8. The molecule has 0 bridgehead atoms. The molecule has 1 unspecified atom stereocenters. The molecule has 0 saturated carbocycles. The Labute approximate surface area is 176 Å². The molecular weight excluding hydrogens is 362 g/mol. The summed E-state index contributed by atoms with van der Waals surface area (Å²) in [5, 5.41) is 0. The van der Waals surface area contributed by atoms with E-state index in [1.54, 1.807) is 26.2 Å². The lowest BCUT2D eigenvalue weighted by molar-refractivity contribution is -1.02. The van der Waals surface area contributed by atoms with E-state index in [-0.39, 0.29) is 10.6 Å². The molecule has 0 N–H and O–H groups in total. The van der Waals surface area contributed by atoms with Gasteiger partial charge in [-0.1, -0.05) is 58.0 Å². The van der Waals surface area contributed by atoms with Gasteiger partial charge in [-0.15, -0.1) is 4.65 Å². The minimum atomic E-state index is -0.570. The standard InChI is InChI=1S/C25H36NO3/c1-18(2)15-21-13-14-24(23(17-21)16-19(3)4)28-20(5)29-26(6,7)25(27)22-11-9-8-10-12-22/h8-14,17-20H,15-16H2,1-7H3/q+1. The van der Waals surface area contributed by atoms with Gasteiger partial charge in [0, 0.05) is 6.92 Å². The molecule has 0 spiro atoms. The number of benzene rings is 2. The number of carbonyl (C=O) groups excluding carboxylic acids is 1. The highest BCUT2D eigenvalue weighted by Crippen LogP contribution is 2.26. The van der Waals surface area contributed by atoms with E-state index in [0.717, 1.165) is 18.6 Å². The second-order valence-electron chi connectivity index (χ2n) is 8.95. The van der Waals surface area contributed by atoms with Crippen LogP contribution in [0.3, 0.4) is 0 Å². The number of rotatable bonds is 9. The summed E-state index contributed by atoms with van der Waals surface area (Å²) in [6.07, 6.45) is 1.42. The zero-order valence-corrected chi connectivity index (χ0v) is 18.9. The molecule has 0 aliphatic carbocycles. The quantitative estimate of drug-likeness (QED) is 0.311. The molecule has 0 saturated heterocycles. The summed E-state index contributed by atoms with van der Waals surface area (Å²) in [5.74, 6) is 1.84. The second-order valence-corrected chi connectivity index (χ2v) is 8.95. The first-order valence-corrected chi connectivity index (χ1v) is 10.5. The van der Waals surface area contributed by atoms with Crippen molar-refractivity contribution in [1.29, 1.82) is 0 Å². The molecule has 1 atom stereocenters. The molecule has 2 aromatic carbocycles. The van der Waals surface area contributed by atoms with Crippen LogP contribution in [0.2, 0.25) is 0 Å². The highest BCUT2D eigenvalue weighted by molar-refractivity contribution is 5.88. The second kappa shape index (κ2) is 10.0. The largest absolute Gasteiger partial charge is 0.459 e. The molecule has 0 aliphatic rings. The Morgan fingerprint density at radius 3 is 2.10 bits per heavy atom. The third-order valence-corrected chi connectivity index (χ3v) is 4.61. The highest BCUT2D eigenvalue weighted by Gasteiger charge is 2.33. The Morgan fingerprint density at radius 2 is 1.52 bits per heavy atom. The third kappa shape index (κ3) is 6.98. The fourth-order valence-electron chi connectivity index (χ4n) is 3.46. The van der Waals surface area contributed by atoms with Crippen molar-refractivity contribution in [2.24, 2.45) is 11.8 Å². The molecule has 158 valence electrons. The lowest BCUT2D eigenvalue weighted by atomic mass is 9.96. The summed E-state index contributed by atoms with van der Waals surface area (Å²) in [6.45, 7) is 10.7. The Hall–Kier alpha value is -2.17. The maximum absolute atomic E-state index is 12.8. The maximum Gasteiger partial charge on any atom is 0.377 e. The van der Waals surface area contributed by atoms with Crippen LogP contribution < -0.4 is 4.74 Å². The molecule has 4 heteroatoms. The van der Waals surface area contributed by atoms with Crippen LogP contribution in [-0.2, 0) is 17.7 Å². The number of amides is 1. The molecule has 2 aromatic rings. The van der Waals surface area contributed by atoms with E-state index in [9.17, 15) is 4.79 Å². The van der Waals surface area contributed by atoms with Crippen LogP contribution in [-0.4, -0.2) is 30.9 Å². The number of nitrogens with zero attached hydrogens (tertiary/aromatic N) is 1. The number of quaternary nitrogens is 1. The lowest BCUT2D eigenvalue weighted by Crippen LogP contribution is -2.48. The summed E-state index contributed by atoms with van der Waals surface area (Å²) in [4.78, 5) is 18.8. The first-order chi connectivity index (χ1) is 13.6. The summed E-state index contributed by atoms with van der Waals surface area (Å²) >= 11 is 0. The molecule has 2 rings (SSSR count). The van der Waals surface area contributed by atoms with Crippen LogP contribution >= 0.6 is 0 Å². The fraction of sp³-hybridized carbons (Fsp3) is 0.480. The molecule has 0 fully saturated rings. The zero-order chi connectivity index (χ0) is 21.6. The van der Waals surface area contributed by atoms with Gasteiger partial charge in [-0.05, 0) is 54.0 Å². The summed E-state index contributed by atoms with van der Waals surface area (Å²) < 4.78 is 5.90. The number of carbonyl (C=O) groups is 1. The van der Waals surface area contributed by atoms with Gasteiger partial charge in [0.05, 0.1) is 5.56 Å². The van der Waals surface area contributed by atoms with Crippen LogP contribution in [0.15, 0.2) is 48.5 Å². The molecule has 0 heterocycles. The predicted octanol–water partition coefficient (Wildman–Crippen LogP) is 5.66. The van der Waals surface area contributed by atoms with Gasteiger partial charge in [-0.2, -0.15) is 4.84 Å². The minimum absolute atomic E-state index is 0.115. The number of hydrogen-bond acceptors (Lipinski definition) is 3. The van der Waals surface area contributed by atoms with Crippen LogP contribution in [0.4, 0.5) is 0 Å². The van der Waals surface area contributed by atoms with Gasteiger partial charge >= 0.3 is 5.91 Å². The van der Waals surface area contributed by atoms with Crippen LogP contribution in [0.25, 0.3) is 0 Å². The van der Waals surface area contributed by atoms with Crippen molar-refractivity contribution in [3.8, 4) is 5.75 Å². The Kier molecular flexibility index (Phi) is 8.00. The first kappa shape index (κ1) is 23.1. The lowest BCUT2D eigenvalue weighted by Gasteiger charge is -2.28. The molecule has 0 radical (unpaired) electrons. The zero-order valence-electron chi connectivity index (χ0n) is 18.9. The van der Waals surface area contributed by atoms with E-state index >= 15 is 0 Å². The van der Waals surface area contributed by atoms with Gasteiger partial charge < -0.3 is 4.74 Å². The van der Waals surface area contributed by atoms with Crippen molar-refractivity contribution in [1.82, 2.24) is 0 Å². The van der Waals surface area contributed by atoms with Crippen molar-refractivity contribution >= 4 is 5.91 Å². The van der Waals surface area contributed by atoms with Crippen molar-refractivity contribution in [2.75, 3.05) is 14.1 Å². The van der Waals surface area contributed by atoms with Gasteiger partial charge in [0.1, 0.15) is 19.8 Å². The SMILES string of the molecule is CC(C)Cc1ccc(OC(C)O[N+](C)(C)C(=O)c2ccccc2)c(CC(C)C)c1. The van der Waals surface area contributed by atoms with Gasteiger partial charge in [-0.3, -0.25) is 0 Å². The van der Waals surface area contributed by atoms with Gasteiger partial charge in [0.2, 0.25) is 0 Å². The topological polar surface area (TPSA) is 35.5 Å². The van der Waals surface area contributed by atoms with Crippen LogP contribution in [0.1, 0.15) is 56.1 Å². The summed E-state index contributed by atoms with van der Waals surface area (Å²) in [5.41, 5.74) is 3.13. The first-order valence-electron chi connectivity index (χ1n) is 10.5. The molecule has 29 heavy (non-hydrogen) atoms. The van der Waals surface area contributed by atoms with E-state index in [0.29, 0.717) is 17.4 Å². The summed E-state index contributed by atoms with van der Waals surface area (Å²) in [7, 11) is 3.46. The molecule has 0 aromatic heterocycles. The van der Waals surface area contributed by atoms with Crippen molar-refractivity contribution in [3.05, 3.63) is 65.2 Å². The van der Waals surface area contributed by atoms with Crippen molar-refractivity contribution < 1.29 is 19.0 Å². The average Bonchev–Trinajstić information content (AvgIpc) is 2.62. The van der Waals surface area contributed by atoms with Crippen molar-refractivity contribution in [3.63, 3.8) is 0 Å². The van der Waals surface area contributed by atoms with Crippen LogP contribution in [0, 0.1) is 11.8 Å². The Balaban J connectivity index is 2.14. The Bertz CT molecular complexity index is 797. The number of hydrogen-bond donors (Lipinski definition) is 0. The van der Waals surface area contributed by atoms with Gasteiger partial charge in [-0.25, -0.2) is 4.79 Å². The number of ether oxygens (including phenoxy) is 1. The molecule has 1 amide bonds. The normalized spacial score (nSPS) is 13.0. The molecule has 4 nitrogen and oxygen atoms in total. The van der Waals surface area contributed by atoms with E-state index in [2.05, 4.69) is 39.8 Å². The van der Waals surface area contributed by atoms with Crippen molar-refractivity contribution in [2.45, 2.75) is 53.8 Å². The fourth-order valence-corrected chi connectivity index (χ4v) is 3.46. The minimum Gasteiger partial charge on any atom is -0.459 e. The monoisotopic (exact) mass is 398 g/mol. The molecular formula is C25H36NO3+. The summed E-state index contributed by atoms with van der Waals surface area (Å²) in [6, 6.07) is 15.6. The van der Waals surface area contributed by atoms with Gasteiger partial charge in [0.25, 0.3) is 6.29 Å². The van der Waals surface area contributed by atoms with Gasteiger partial charge in [0.15, 0.2) is 0 Å². The van der Waals surface area contributed by atoms with Crippen LogP contribution in [0.5, 0.6) is 5.75 Å². The molecule has 0 aliphatic heterocycles. The van der Waals surface area contributed by atoms with E-state index in [1.807, 2.05) is 31.2 Å². The van der Waals surface area contributed by atoms with E-state index < -0.39 is 6.29 Å². The third-order valence-electron chi connectivity index (χ3n) is 4.61. The number of hydroxylamine groups is 3. The Morgan fingerprint density at radius 1 is 0.897 bits per heavy atom. The predicted molar refractivity (Wildman–Crippen MR) is 118 cm³/mol.